The van der Waals surface area contributed by atoms with Gasteiger partial charge >= 0.3 is 0 Å². The molecule has 3 aliphatic rings. The summed E-state index contributed by atoms with van der Waals surface area (Å²) in [5, 5.41) is 9.37. The Morgan fingerprint density at radius 3 is 2.88 bits per heavy atom. The molecular formula is C14H14O3. The fraction of sp³-hybridized carbons (Fsp3) is 0.429. The predicted molar refractivity (Wildman–Crippen MR) is 61.6 cm³/mol. The molecule has 0 radical (unpaired) electrons. The molecule has 3 heteroatoms. The third kappa shape index (κ3) is 1.04. The van der Waals surface area contributed by atoms with Crippen LogP contribution in [0.15, 0.2) is 36.6 Å². The smallest absolute Gasteiger partial charge is 0.168 e. The molecule has 1 N–H and O–H groups in total. The van der Waals surface area contributed by atoms with Crippen molar-refractivity contribution in [1.82, 2.24) is 0 Å². The average molecular weight is 230 g/mol. The molecule has 0 amide bonds. The van der Waals surface area contributed by atoms with Crippen molar-refractivity contribution in [3.8, 4) is 0 Å². The summed E-state index contributed by atoms with van der Waals surface area (Å²) >= 11 is 0. The zero-order valence-corrected chi connectivity index (χ0v) is 9.37. The Labute approximate surface area is 99.6 Å². The van der Waals surface area contributed by atoms with Crippen LogP contribution in [0.5, 0.6) is 0 Å². The van der Waals surface area contributed by atoms with Gasteiger partial charge < -0.3 is 4.74 Å². The Morgan fingerprint density at radius 2 is 2.06 bits per heavy atom. The van der Waals surface area contributed by atoms with Gasteiger partial charge in [0.1, 0.15) is 6.10 Å². The van der Waals surface area contributed by atoms with Crippen LogP contribution in [0.1, 0.15) is 35.8 Å². The largest absolute Gasteiger partial charge is 0.495 e. The van der Waals surface area contributed by atoms with Gasteiger partial charge in [0, 0.05) is 5.92 Å². The normalized spacial score (nSPS) is 40.9. The summed E-state index contributed by atoms with van der Waals surface area (Å²) in [6, 6.07) is 8.47. The maximum Gasteiger partial charge on any atom is 0.168 e. The molecule has 1 heterocycles. The van der Waals surface area contributed by atoms with E-state index in [9.17, 15) is 5.26 Å². The van der Waals surface area contributed by atoms with Gasteiger partial charge in [-0.3, -0.25) is 5.26 Å². The monoisotopic (exact) mass is 230 g/mol. The van der Waals surface area contributed by atoms with Crippen LogP contribution in [0.4, 0.5) is 0 Å². The third-order valence-corrected chi connectivity index (χ3v) is 4.61. The van der Waals surface area contributed by atoms with Crippen LogP contribution in [0.25, 0.3) is 0 Å². The molecule has 0 saturated heterocycles. The Kier molecular flexibility index (Phi) is 1.78. The van der Waals surface area contributed by atoms with Gasteiger partial charge in [0.2, 0.25) is 0 Å². The van der Waals surface area contributed by atoms with Crippen LogP contribution in [-0.2, 0) is 9.62 Å². The highest BCUT2D eigenvalue weighted by molar-refractivity contribution is 5.45. The van der Waals surface area contributed by atoms with E-state index in [0.717, 1.165) is 12.8 Å². The molecule has 1 aliphatic heterocycles. The maximum atomic E-state index is 9.37. The van der Waals surface area contributed by atoms with Gasteiger partial charge in [-0.2, -0.15) is 0 Å². The molecule has 88 valence electrons. The summed E-state index contributed by atoms with van der Waals surface area (Å²) in [6.45, 7) is 0. The number of hydrogen-bond acceptors (Lipinski definition) is 3. The Balaban J connectivity index is 1.90. The zero-order valence-electron chi connectivity index (χ0n) is 9.37. The van der Waals surface area contributed by atoms with Crippen molar-refractivity contribution in [2.45, 2.75) is 36.4 Å². The van der Waals surface area contributed by atoms with Gasteiger partial charge in [-0.05, 0) is 36.0 Å². The Bertz CT molecular complexity index is 496. The SMILES string of the molecule is OOC12C=COC1C[C@H]1C[C@@H]2c2ccccc21. The number of rotatable bonds is 1. The van der Waals surface area contributed by atoms with E-state index < -0.39 is 5.60 Å². The highest BCUT2D eigenvalue weighted by Gasteiger charge is 2.58. The topological polar surface area (TPSA) is 38.7 Å². The van der Waals surface area contributed by atoms with Crippen molar-refractivity contribution < 1.29 is 14.9 Å². The highest BCUT2D eigenvalue weighted by Crippen LogP contribution is 2.58. The van der Waals surface area contributed by atoms with Gasteiger partial charge in [-0.25, -0.2) is 4.89 Å². The van der Waals surface area contributed by atoms with Crippen LogP contribution in [0.3, 0.4) is 0 Å². The summed E-state index contributed by atoms with van der Waals surface area (Å²) in [7, 11) is 0. The van der Waals surface area contributed by atoms with E-state index >= 15 is 0 Å². The summed E-state index contributed by atoms with van der Waals surface area (Å²) in [5.41, 5.74) is 2.05. The van der Waals surface area contributed by atoms with E-state index in [1.54, 1.807) is 6.26 Å². The lowest BCUT2D eigenvalue weighted by Crippen LogP contribution is -2.47. The molecule has 2 unspecified atom stereocenters. The van der Waals surface area contributed by atoms with E-state index in [0.29, 0.717) is 5.92 Å². The van der Waals surface area contributed by atoms with E-state index in [4.69, 9.17) is 9.62 Å². The summed E-state index contributed by atoms with van der Waals surface area (Å²) < 4.78 is 5.60. The molecule has 17 heavy (non-hydrogen) atoms. The quantitative estimate of drug-likeness (QED) is 0.595. The molecule has 2 aliphatic carbocycles. The van der Waals surface area contributed by atoms with Crippen molar-refractivity contribution in [1.29, 1.82) is 0 Å². The van der Waals surface area contributed by atoms with Gasteiger partial charge in [0.05, 0.1) is 6.26 Å². The first-order valence-corrected chi connectivity index (χ1v) is 6.10. The lowest BCUT2D eigenvalue weighted by Gasteiger charge is -2.39. The Morgan fingerprint density at radius 1 is 1.24 bits per heavy atom. The second-order valence-electron chi connectivity index (χ2n) is 5.22. The predicted octanol–water partition coefficient (Wildman–Crippen LogP) is 2.80. The molecular weight excluding hydrogens is 216 g/mol. The molecule has 0 aromatic heterocycles. The maximum absolute atomic E-state index is 9.37. The lowest BCUT2D eigenvalue weighted by atomic mass is 9.73. The second-order valence-corrected chi connectivity index (χ2v) is 5.22. The van der Waals surface area contributed by atoms with Gasteiger partial charge in [0.15, 0.2) is 5.60 Å². The molecule has 1 aromatic rings. The van der Waals surface area contributed by atoms with E-state index in [1.807, 2.05) is 6.08 Å². The molecule has 4 rings (SSSR count). The number of benzene rings is 1. The Hall–Kier alpha value is -1.32. The molecule has 1 saturated carbocycles. The van der Waals surface area contributed by atoms with Crippen LogP contribution in [-0.4, -0.2) is 17.0 Å². The van der Waals surface area contributed by atoms with Crippen LogP contribution in [0.2, 0.25) is 0 Å². The van der Waals surface area contributed by atoms with E-state index in [1.165, 1.54) is 11.1 Å². The first kappa shape index (κ1) is 9.68. The molecule has 4 atom stereocenters. The van der Waals surface area contributed by atoms with Crippen molar-refractivity contribution in [2.75, 3.05) is 0 Å². The molecule has 3 nitrogen and oxygen atoms in total. The molecule has 1 fully saturated rings. The van der Waals surface area contributed by atoms with Crippen LogP contribution >= 0.6 is 0 Å². The van der Waals surface area contributed by atoms with E-state index in [-0.39, 0.29) is 12.0 Å². The van der Waals surface area contributed by atoms with Crippen molar-refractivity contribution >= 4 is 0 Å². The average Bonchev–Trinajstić information content (AvgIpc) is 2.93. The van der Waals surface area contributed by atoms with Gasteiger partial charge in [-0.1, -0.05) is 24.3 Å². The van der Waals surface area contributed by atoms with Crippen molar-refractivity contribution in [2.24, 2.45) is 0 Å². The first-order valence-electron chi connectivity index (χ1n) is 6.10. The number of hydrogen-bond donors (Lipinski definition) is 1. The second kappa shape index (κ2) is 3.12. The minimum absolute atomic E-state index is 0.0522. The first-order chi connectivity index (χ1) is 8.35. The number of ether oxygens (including phenoxy) is 1. The standard InChI is InChI=1S/C14H14O3/c15-17-14-5-6-16-13(14)8-9-7-12(14)11-4-2-1-3-10(9)11/h1-6,9,12-13,15H,7-8H2/t9-,12-,13?,14?/m1/s1. The highest BCUT2D eigenvalue weighted by atomic mass is 17.1. The summed E-state index contributed by atoms with van der Waals surface area (Å²) in [5.74, 6) is 0.760. The minimum atomic E-state index is -0.664. The third-order valence-electron chi connectivity index (χ3n) is 4.61. The van der Waals surface area contributed by atoms with Gasteiger partial charge in [0.25, 0.3) is 0 Å². The molecule has 0 spiro atoms. The van der Waals surface area contributed by atoms with Crippen LogP contribution < -0.4 is 0 Å². The molecule has 2 bridgehead atoms. The van der Waals surface area contributed by atoms with Crippen LogP contribution in [0, 0.1) is 0 Å². The van der Waals surface area contributed by atoms with E-state index in [2.05, 4.69) is 24.3 Å². The van der Waals surface area contributed by atoms with Crippen molar-refractivity contribution in [3.63, 3.8) is 0 Å². The molecule has 1 aromatic carbocycles. The van der Waals surface area contributed by atoms with Crippen molar-refractivity contribution in [3.05, 3.63) is 47.7 Å². The lowest BCUT2D eigenvalue weighted by molar-refractivity contribution is -0.333. The minimum Gasteiger partial charge on any atom is -0.495 e. The summed E-state index contributed by atoms with van der Waals surface area (Å²) in [4.78, 5) is 4.88. The zero-order chi connectivity index (χ0) is 11.5. The van der Waals surface area contributed by atoms with Gasteiger partial charge in [-0.15, -0.1) is 0 Å². The fourth-order valence-electron chi connectivity index (χ4n) is 3.83. The fourth-order valence-corrected chi connectivity index (χ4v) is 3.83. The summed E-state index contributed by atoms with van der Waals surface area (Å²) in [6.07, 6.45) is 5.46. The number of fused-ring (bicyclic) bond motifs is 7.